The molecule has 0 saturated carbocycles. The van der Waals surface area contributed by atoms with Crippen LogP contribution in [-0.4, -0.2) is 34.4 Å². The first-order valence-electron chi connectivity index (χ1n) is 6.16. The highest BCUT2D eigenvalue weighted by molar-refractivity contribution is 8.14. The van der Waals surface area contributed by atoms with E-state index < -0.39 is 0 Å². The van der Waals surface area contributed by atoms with Crippen LogP contribution in [0.2, 0.25) is 0 Å². The largest absolute Gasteiger partial charge is 0.478 e. The first kappa shape index (κ1) is 13.9. The van der Waals surface area contributed by atoms with E-state index in [1.165, 1.54) is 18.7 Å². The number of nitrogens with zero attached hydrogens (tertiary/aromatic N) is 2. The summed E-state index contributed by atoms with van der Waals surface area (Å²) in [5.74, 6) is 0.581. The molecule has 102 valence electrons. The first-order valence-corrected chi connectivity index (χ1v) is 7.04. The van der Waals surface area contributed by atoms with Gasteiger partial charge in [0.25, 0.3) is 0 Å². The fourth-order valence-electron chi connectivity index (χ4n) is 2.00. The van der Waals surface area contributed by atoms with Crippen LogP contribution in [0.1, 0.15) is 20.3 Å². The molecule has 0 bridgehead atoms. The van der Waals surface area contributed by atoms with Crippen LogP contribution in [0.25, 0.3) is 0 Å². The van der Waals surface area contributed by atoms with Gasteiger partial charge in [0.1, 0.15) is 0 Å². The molecular formula is C13H16N2O3S. The van der Waals surface area contributed by atoms with E-state index in [-0.39, 0.29) is 16.3 Å². The number of thioether (sulfide) groups is 1. The lowest BCUT2D eigenvalue weighted by Gasteiger charge is -2.16. The van der Waals surface area contributed by atoms with Crippen molar-refractivity contribution in [3.63, 3.8) is 0 Å². The van der Waals surface area contributed by atoms with Crippen molar-refractivity contribution in [1.29, 1.82) is 0 Å². The number of hydrogen-bond donors (Lipinski definition) is 0. The zero-order valence-electron chi connectivity index (χ0n) is 11.0. The van der Waals surface area contributed by atoms with E-state index in [9.17, 15) is 9.59 Å². The predicted molar refractivity (Wildman–Crippen MR) is 74.4 cm³/mol. The minimum Gasteiger partial charge on any atom is -0.478 e. The average molecular weight is 280 g/mol. The number of ether oxygens (including phenoxy) is 1. The van der Waals surface area contributed by atoms with Crippen LogP contribution in [0, 0.1) is 0 Å². The Balaban J connectivity index is 2.05. The van der Waals surface area contributed by atoms with Crippen LogP contribution in [0.5, 0.6) is 5.88 Å². The maximum atomic E-state index is 11.9. The van der Waals surface area contributed by atoms with Gasteiger partial charge < -0.3 is 9.64 Å². The number of anilines is 1. The van der Waals surface area contributed by atoms with Gasteiger partial charge in [-0.1, -0.05) is 11.8 Å². The lowest BCUT2D eigenvalue weighted by atomic mass is 10.4. The highest BCUT2D eigenvalue weighted by atomic mass is 32.2. The lowest BCUT2D eigenvalue weighted by molar-refractivity contribution is -0.117. The molecule has 1 aliphatic heterocycles. The summed E-state index contributed by atoms with van der Waals surface area (Å²) in [5.41, 5.74) is 0.750. The van der Waals surface area contributed by atoms with Crippen LogP contribution in [0.15, 0.2) is 18.3 Å². The minimum atomic E-state index is 0.0321. The second-order valence-electron chi connectivity index (χ2n) is 4.23. The lowest BCUT2D eigenvalue weighted by Crippen LogP contribution is -2.25. The van der Waals surface area contributed by atoms with Crippen LogP contribution < -0.4 is 9.64 Å². The van der Waals surface area contributed by atoms with Crippen molar-refractivity contribution in [3.05, 3.63) is 18.3 Å². The van der Waals surface area contributed by atoms with Crippen LogP contribution >= 0.6 is 11.8 Å². The highest BCUT2D eigenvalue weighted by Crippen LogP contribution is 2.28. The third-order valence-corrected chi connectivity index (χ3v) is 3.73. The van der Waals surface area contributed by atoms with Crippen LogP contribution in [0.3, 0.4) is 0 Å². The van der Waals surface area contributed by atoms with Gasteiger partial charge in [0.15, 0.2) is 5.12 Å². The van der Waals surface area contributed by atoms with Gasteiger partial charge in [-0.15, -0.1) is 0 Å². The number of rotatable bonds is 4. The summed E-state index contributed by atoms with van der Waals surface area (Å²) in [6.45, 7) is 4.53. The van der Waals surface area contributed by atoms with Crippen molar-refractivity contribution in [3.8, 4) is 5.88 Å². The molecule has 2 heterocycles. The third-order valence-electron chi connectivity index (χ3n) is 2.75. The number of hydrogen-bond acceptors (Lipinski definition) is 5. The Morgan fingerprint density at radius 1 is 1.58 bits per heavy atom. The van der Waals surface area contributed by atoms with E-state index in [2.05, 4.69) is 4.98 Å². The summed E-state index contributed by atoms with van der Waals surface area (Å²) < 4.78 is 5.26. The SMILES string of the molecule is CCOc1ccc(N2CC(SC(C)=O)CC2=O)cn1. The zero-order valence-corrected chi connectivity index (χ0v) is 11.8. The zero-order chi connectivity index (χ0) is 13.8. The second-order valence-corrected chi connectivity index (χ2v) is 5.70. The molecule has 1 fully saturated rings. The Kier molecular flexibility index (Phi) is 4.42. The normalized spacial score (nSPS) is 18.7. The number of aromatic nitrogens is 1. The number of pyridine rings is 1. The molecule has 0 N–H and O–H groups in total. The molecule has 5 nitrogen and oxygen atoms in total. The van der Waals surface area contributed by atoms with Crippen LogP contribution in [-0.2, 0) is 9.59 Å². The van der Waals surface area contributed by atoms with Crippen molar-refractivity contribution in [2.75, 3.05) is 18.1 Å². The highest BCUT2D eigenvalue weighted by Gasteiger charge is 2.31. The second kappa shape index (κ2) is 6.06. The molecule has 2 rings (SSSR count). The van der Waals surface area contributed by atoms with Crippen LogP contribution in [0.4, 0.5) is 5.69 Å². The van der Waals surface area contributed by atoms with E-state index in [4.69, 9.17) is 4.74 Å². The monoisotopic (exact) mass is 280 g/mol. The Morgan fingerprint density at radius 3 is 2.95 bits per heavy atom. The van der Waals surface area contributed by atoms with Crippen molar-refractivity contribution in [1.82, 2.24) is 4.98 Å². The summed E-state index contributed by atoms with van der Waals surface area (Å²) in [6, 6.07) is 3.56. The van der Waals surface area contributed by atoms with E-state index in [1.54, 1.807) is 17.2 Å². The third kappa shape index (κ3) is 3.47. The minimum absolute atomic E-state index is 0.0321. The Labute approximate surface area is 116 Å². The molecule has 0 spiro atoms. The molecule has 1 unspecified atom stereocenters. The average Bonchev–Trinajstić information content (AvgIpc) is 2.71. The molecule has 1 aromatic heterocycles. The van der Waals surface area contributed by atoms with Crippen molar-refractivity contribution in [2.45, 2.75) is 25.5 Å². The molecule has 1 atom stereocenters. The molecular weight excluding hydrogens is 264 g/mol. The molecule has 6 heteroatoms. The summed E-state index contributed by atoms with van der Waals surface area (Å²) in [5, 5.41) is 0.0843. The summed E-state index contributed by atoms with van der Waals surface area (Å²) in [7, 11) is 0. The van der Waals surface area contributed by atoms with E-state index in [0.29, 0.717) is 25.5 Å². The topological polar surface area (TPSA) is 59.5 Å². The van der Waals surface area contributed by atoms with E-state index in [0.717, 1.165) is 5.69 Å². The van der Waals surface area contributed by atoms with Gasteiger partial charge in [-0.2, -0.15) is 0 Å². The summed E-state index contributed by atoms with van der Waals surface area (Å²) in [6.07, 6.45) is 2.03. The quantitative estimate of drug-likeness (QED) is 0.842. The Hall–Kier alpha value is -1.56. The first-order chi connectivity index (χ1) is 9.10. The maximum absolute atomic E-state index is 11.9. The molecule has 0 radical (unpaired) electrons. The number of carbonyl (C=O) groups is 2. The maximum Gasteiger partial charge on any atom is 0.228 e. The van der Waals surface area contributed by atoms with Gasteiger partial charge in [0.2, 0.25) is 11.8 Å². The molecule has 19 heavy (non-hydrogen) atoms. The predicted octanol–water partition coefficient (Wildman–Crippen LogP) is 1.87. The van der Waals surface area contributed by atoms with E-state index in [1.807, 2.05) is 13.0 Å². The van der Waals surface area contributed by atoms with Crippen molar-refractivity contribution >= 4 is 28.5 Å². The van der Waals surface area contributed by atoms with Gasteiger partial charge in [-0.25, -0.2) is 4.98 Å². The van der Waals surface area contributed by atoms with Gasteiger partial charge in [0.05, 0.1) is 18.5 Å². The number of amides is 1. The molecule has 1 aromatic rings. The molecule has 1 saturated heterocycles. The van der Waals surface area contributed by atoms with E-state index >= 15 is 0 Å². The fourth-order valence-corrected chi connectivity index (χ4v) is 2.92. The Morgan fingerprint density at radius 2 is 2.37 bits per heavy atom. The van der Waals surface area contributed by atoms with Crippen molar-refractivity contribution < 1.29 is 14.3 Å². The molecule has 1 amide bonds. The van der Waals surface area contributed by atoms with Gasteiger partial charge in [-0.05, 0) is 13.0 Å². The summed E-state index contributed by atoms with van der Waals surface area (Å²) >= 11 is 1.23. The number of carbonyl (C=O) groups excluding carboxylic acids is 2. The smallest absolute Gasteiger partial charge is 0.228 e. The molecule has 1 aliphatic rings. The molecule has 0 aliphatic carbocycles. The Bertz CT molecular complexity index is 475. The van der Waals surface area contributed by atoms with Gasteiger partial charge >= 0.3 is 0 Å². The standard InChI is InChI=1S/C13H16N2O3S/c1-3-18-12-5-4-10(7-14-12)15-8-11(6-13(15)17)19-9(2)16/h4-5,7,11H,3,6,8H2,1-2H3. The molecule has 0 aromatic carbocycles. The van der Waals surface area contributed by atoms with Gasteiger partial charge in [-0.3, -0.25) is 9.59 Å². The fraction of sp³-hybridized carbons (Fsp3) is 0.462. The van der Waals surface area contributed by atoms with Gasteiger partial charge in [0, 0.05) is 31.2 Å². The summed E-state index contributed by atoms with van der Waals surface area (Å²) in [4.78, 5) is 28.8. The van der Waals surface area contributed by atoms with Crippen molar-refractivity contribution in [2.24, 2.45) is 0 Å².